The first-order valence-corrected chi connectivity index (χ1v) is 8.22. The van der Waals surface area contributed by atoms with Crippen LogP contribution in [0.15, 0.2) is 54.6 Å². The lowest BCUT2D eigenvalue weighted by Crippen LogP contribution is -2.39. The van der Waals surface area contributed by atoms with Crippen LogP contribution in [0, 0.1) is 0 Å². The molecular formula is C20H25NO2. The Morgan fingerprint density at radius 3 is 2.26 bits per heavy atom. The topological polar surface area (TPSA) is 40.5 Å². The number of hydrogen-bond donors (Lipinski definition) is 1. The van der Waals surface area contributed by atoms with Gasteiger partial charge in [0.15, 0.2) is 5.78 Å². The van der Waals surface area contributed by atoms with Crippen LogP contribution in [0.2, 0.25) is 0 Å². The number of hydrogen-bond acceptors (Lipinski definition) is 3. The van der Waals surface area contributed by atoms with E-state index in [9.17, 15) is 10.0 Å². The van der Waals surface area contributed by atoms with Crippen molar-refractivity contribution in [3.63, 3.8) is 0 Å². The minimum atomic E-state index is -0.567. The highest BCUT2D eigenvalue weighted by Gasteiger charge is 2.27. The molecule has 23 heavy (non-hydrogen) atoms. The summed E-state index contributed by atoms with van der Waals surface area (Å²) in [5.41, 5.74) is 2.38. The molecule has 0 spiro atoms. The summed E-state index contributed by atoms with van der Waals surface area (Å²) in [6.45, 7) is 6.19. The fourth-order valence-electron chi connectivity index (χ4n) is 2.78. The highest BCUT2D eigenvalue weighted by molar-refractivity contribution is 6.01. The molecule has 0 saturated heterocycles. The van der Waals surface area contributed by atoms with Crippen LogP contribution in [0.4, 0.5) is 5.69 Å². The van der Waals surface area contributed by atoms with Crippen molar-refractivity contribution < 1.29 is 10.0 Å². The largest absolute Gasteiger partial charge is 0.292 e. The van der Waals surface area contributed by atoms with Gasteiger partial charge in [0.25, 0.3) is 0 Å². The average molecular weight is 311 g/mol. The maximum atomic E-state index is 12.8. The molecule has 0 bridgehead atoms. The molecule has 122 valence electrons. The second-order valence-corrected chi connectivity index (χ2v) is 6.09. The smallest absolute Gasteiger partial charge is 0.187 e. The average Bonchev–Trinajstić information content (AvgIpc) is 2.59. The summed E-state index contributed by atoms with van der Waals surface area (Å²) in [5.74, 6) is 0.225. The van der Waals surface area contributed by atoms with Crippen LogP contribution in [0.1, 0.15) is 55.5 Å². The van der Waals surface area contributed by atoms with E-state index in [-0.39, 0.29) is 11.7 Å². The van der Waals surface area contributed by atoms with Gasteiger partial charge in [0.2, 0.25) is 0 Å². The van der Waals surface area contributed by atoms with E-state index in [1.807, 2.05) is 49.4 Å². The van der Waals surface area contributed by atoms with Gasteiger partial charge in [-0.1, -0.05) is 75.7 Å². The number of rotatable bonds is 7. The Morgan fingerprint density at radius 1 is 1.04 bits per heavy atom. The van der Waals surface area contributed by atoms with E-state index in [0.717, 1.165) is 17.0 Å². The first kappa shape index (κ1) is 17.2. The van der Waals surface area contributed by atoms with E-state index >= 15 is 0 Å². The molecule has 0 amide bonds. The standard InChI is InChI=1S/C20H25NO2/c1-4-10-19(20(22)16-11-6-5-7-12-16)21(23)18-14-9-8-13-17(18)15(2)3/h5-9,11-15,19,23H,4,10H2,1-3H3. The summed E-state index contributed by atoms with van der Waals surface area (Å²) >= 11 is 0. The van der Waals surface area contributed by atoms with Crippen LogP contribution in [0.25, 0.3) is 0 Å². The van der Waals surface area contributed by atoms with Crippen molar-refractivity contribution in [2.24, 2.45) is 0 Å². The molecule has 1 N–H and O–H groups in total. The van der Waals surface area contributed by atoms with Crippen molar-refractivity contribution in [1.82, 2.24) is 0 Å². The third-order valence-corrected chi connectivity index (χ3v) is 4.02. The van der Waals surface area contributed by atoms with Crippen molar-refractivity contribution >= 4 is 11.5 Å². The molecule has 0 aliphatic carbocycles. The van der Waals surface area contributed by atoms with Crippen LogP contribution in [0.5, 0.6) is 0 Å². The van der Waals surface area contributed by atoms with Crippen LogP contribution < -0.4 is 5.06 Å². The van der Waals surface area contributed by atoms with Crippen LogP contribution in [0.3, 0.4) is 0 Å². The van der Waals surface area contributed by atoms with Gasteiger partial charge in [-0.2, -0.15) is 0 Å². The molecule has 0 aromatic heterocycles. The Hall–Kier alpha value is -2.13. The number of hydroxylamine groups is 1. The number of ketones is 1. The van der Waals surface area contributed by atoms with Crippen molar-refractivity contribution in [3.8, 4) is 0 Å². The normalized spacial score (nSPS) is 12.2. The summed E-state index contributed by atoms with van der Waals surface area (Å²) in [6, 6.07) is 16.3. The Balaban J connectivity index is 2.36. The molecule has 2 aromatic rings. The van der Waals surface area contributed by atoms with Gasteiger partial charge in [0.05, 0.1) is 5.69 Å². The Kier molecular flexibility index (Phi) is 5.94. The molecule has 2 rings (SSSR count). The van der Waals surface area contributed by atoms with Crippen molar-refractivity contribution in [2.45, 2.75) is 45.6 Å². The molecule has 0 heterocycles. The molecule has 1 unspecified atom stereocenters. The van der Waals surface area contributed by atoms with Crippen LogP contribution in [-0.4, -0.2) is 17.0 Å². The number of anilines is 1. The van der Waals surface area contributed by atoms with E-state index < -0.39 is 6.04 Å². The predicted octanol–water partition coefficient (Wildman–Crippen LogP) is 5.06. The number of Topliss-reactive ketones (excluding diaryl/α,β-unsaturated/α-hetero) is 1. The zero-order valence-electron chi connectivity index (χ0n) is 14.1. The predicted molar refractivity (Wildman–Crippen MR) is 94.3 cm³/mol. The number of para-hydroxylation sites is 1. The summed E-state index contributed by atoms with van der Waals surface area (Å²) < 4.78 is 0. The highest BCUT2D eigenvalue weighted by atomic mass is 16.5. The quantitative estimate of drug-likeness (QED) is 0.574. The molecule has 3 heteroatoms. The van der Waals surface area contributed by atoms with E-state index in [1.54, 1.807) is 12.1 Å². The lowest BCUT2D eigenvalue weighted by atomic mass is 9.97. The minimum absolute atomic E-state index is 0.0477. The molecule has 0 aliphatic heterocycles. The molecule has 0 aliphatic rings. The molecule has 2 aromatic carbocycles. The van der Waals surface area contributed by atoms with Gasteiger partial charge < -0.3 is 0 Å². The van der Waals surface area contributed by atoms with E-state index in [0.29, 0.717) is 17.7 Å². The maximum Gasteiger partial charge on any atom is 0.187 e. The molecule has 0 radical (unpaired) electrons. The first-order chi connectivity index (χ1) is 11.1. The van der Waals surface area contributed by atoms with Crippen molar-refractivity contribution in [2.75, 3.05) is 5.06 Å². The lowest BCUT2D eigenvalue weighted by molar-refractivity contribution is 0.0886. The third kappa shape index (κ3) is 3.99. The summed E-state index contributed by atoms with van der Waals surface area (Å²) in [4.78, 5) is 12.8. The fourth-order valence-corrected chi connectivity index (χ4v) is 2.78. The monoisotopic (exact) mass is 311 g/mol. The summed E-state index contributed by atoms with van der Waals surface area (Å²) in [5, 5.41) is 11.9. The second kappa shape index (κ2) is 7.93. The number of nitrogens with zero attached hydrogens (tertiary/aromatic N) is 1. The van der Waals surface area contributed by atoms with E-state index in [1.165, 1.54) is 0 Å². The van der Waals surface area contributed by atoms with E-state index in [2.05, 4.69) is 13.8 Å². The fraction of sp³-hybridized carbons (Fsp3) is 0.350. The van der Waals surface area contributed by atoms with Gasteiger partial charge in [0.1, 0.15) is 6.04 Å². The van der Waals surface area contributed by atoms with Crippen LogP contribution >= 0.6 is 0 Å². The summed E-state index contributed by atoms with van der Waals surface area (Å²) in [7, 11) is 0. The number of carbonyl (C=O) groups excluding carboxylic acids is 1. The molecule has 3 nitrogen and oxygen atoms in total. The van der Waals surface area contributed by atoms with Crippen molar-refractivity contribution in [3.05, 3.63) is 65.7 Å². The number of benzene rings is 2. The van der Waals surface area contributed by atoms with E-state index in [4.69, 9.17) is 0 Å². The Bertz CT molecular complexity index is 637. The number of carbonyl (C=O) groups is 1. The van der Waals surface area contributed by atoms with Gasteiger partial charge in [-0.15, -0.1) is 0 Å². The zero-order valence-corrected chi connectivity index (χ0v) is 14.1. The molecule has 0 saturated carbocycles. The third-order valence-electron chi connectivity index (χ3n) is 4.02. The molecular weight excluding hydrogens is 286 g/mol. The van der Waals surface area contributed by atoms with Gasteiger partial charge in [-0.05, 0) is 24.0 Å². The highest BCUT2D eigenvalue weighted by Crippen LogP contribution is 2.29. The van der Waals surface area contributed by atoms with Gasteiger partial charge in [0, 0.05) is 5.56 Å². The lowest BCUT2D eigenvalue weighted by Gasteiger charge is -2.29. The second-order valence-electron chi connectivity index (χ2n) is 6.09. The van der Waals surface area contributed by atoms with Gasteiger partial charge >= 0.3 is 0 Å². The molecule has 0 fully saturated rings. The minimum Gasteiger partial charge on any atom is -0.292 e. The first-order valence-electron chi connectivity index (χ1n) is 8.22. The van der Waals surface area contributed by atoms with Crippen LogP contribution in [-0.2, 0) is 0 Å². The van der Waals surface area contributed by atoms with Gasteiger partial charge in [-0.25, -0.2) is 5.06 Å². The van der Waals surface area contributed by atoms with Crippen molar-refractivity contribution in [1.29, 1.82) is 0 Å². The Morgan fingerprint density at radius 2 is 1.65 bits per heavy atom. The van der Waals surface area contributed by atoms with Gasteiger partial charge in [-0.3, -0.25) is 10.0 Å². The SMILES string of the molecule is CCCC(C(=O)c1ccccc1)N(O)c1ccccc1C(C)C. The molecule has 1 atom stereocenters. The maximum absolute atomic E-state index is 12.8. The Labute approximate surface area is 138 Å². The summed E-state index contributed by atoms with van der Waals surface area (Å²) in [6.07, 6.45) is 1.43. The zero-order chi connectivity index (χ0) is 16.8.